The van der Waals surface area contributed by atoms with Gasteiger partial charge in [0.1, 0.15) is 0 Å². The van der Waals surface area contributed by atoms with E-state index in [0.29, 0.717) is 0 Å². The summed E-state index contributed by atoms with van der Waals surface area (Å²) in [6, 6.07) is 8.47. The average Bonchev–Trinajstić information content (AvgIpc) is 2.68. The third kappa shape index (κ3) is 3.37. The lowest BCUT2D eigenvalue weighted by atomic mass is 10.1. The Kier molecular flexibility index (Phi) is 4.27. The predicted octanol–water partition coefficient (Wildman–Crippen LogP) is 3.79. The minimum Gasteiger partial charge on any atom is -0.304 e. The van der Waals surface area contributed by atoms with Crippen LogP contribution in [0.15, 0.2) is 30.5 Å². The van der Waals surface area contributed by atoms with Crippen LogP contribution in [0.25, 0.3) is 0 Å². The molecule has 0 spiro atoms. The zero-order valence-corrected chi connectivity index (χ0v) is 12.6. The molecule has 4 heteroatoms. The van der Waals surface area contributed by atoms with E-state index >= 15 is 0 Å². The first-order valence-corrected chi connectivity index (χ1v) is 6.87. The van der Waals surface area contributed by atoms with Crippen molar-refractivity contribution >= 4 is 11.6 Å². The molecule has 2 unspecified atom stereocenters. The maximum atomic E-state index is 6.03. The molecular formula is C15H20ClN3. The molecule has 1 aromatic heterocycles. The first-order chi connectivity index (χ1) is 8.97. The molecule has 3 nitrogen and oxygen atoms in total. The van der Waals surface area contributed by atoms with E-state index in [0.717, 1.165) is 10.7 Å². The molecule has 2 aromatic rings. The molecule has 0 amide bonds. The molecule has 0 aliphatic carbocycles. The van der Waals surface area contributed by atoms with Gasteiger partial charge in [0.25, 0.3) is 0 Å². The zero-order valence-electron chi connectivity index (χ0n) is 11.8. The molecule has 1 heterocycles. The third-order valence-electron chi connectivity index (χ3n) is 3.37. The van der Waals surface area contributed by atoms with Gasteiger partial charge in [0.15, 0.2) is 0 Å². The Morgan fingerprint density at radius 3 is 2.58 bits per heavy atom. The highest BCUT2D eigenvalue weighted by Gasteiger charge is 2.15. The van der Waals surface area contributed by atoms with E-state index in [1.165, 1.54) is 11.1 Å². The Morgan fingerprint density at radius 2 is 2.00 bits per heavy atom. The number of hydrogen-bond donors (Lipinski definition) is 1. The standard InChI is InChI=1S/C15H20ClN3/c1-10(13-6-5-7-14(16)8-13)17-11(2)15-9-19(4)18-12(15)3/h5-11,17H,1-4H3. The van der Waals surface area contributed by atoms with Gasteiger partial charge in [-0.15, -0.1) is 0 Å². The van der Waals surface area contributed by atoms with Crippen molar-refractivity contribution in [2.45, 2.75) is 32.9 Å². The molecular weight excluding hydrogens is 258 g/mol. The summed E-state index contributed by atoms with van der Waals surface area (Å²) in [5.74, 6) is 0. The molecule has 0 saturated heterocycles. The van der Waals surface area contributed by atoms with Crippen LogP contribution in [0.4, 0.5) is 0 Å². The molecule has 0 aliphatic rings. The van der Waals surface area contributed by atoms with Gasteiger partial charge in [0.05, 0.1) is 5.69 Å². The molecule has 0 saturated carbocycles. The van der Waals surface area contributed by atoms with Gasteiger partial charge in [0.2, 0.25) is 0 Å². The number of hydrogen-bond acceptors (Lipinski definition) is 2. The van der Waals surface area contributed by atoms with Crippen molar-refractivity contribution in [1.82, 2.24) is 15.1 Å². The summed E-state index contributed by atoms with van der Waals surface area (Å²) in [5.41, 5.74) is 3.50. The minimum atomic E-state index is 0.244. The highest BCUT2D eigenvalue weighted by molar-refractivity contribution is 6.30. The Balaban J connectivity index is 2.10. The molecule has 102 valence electrons. The fourth-order valence-corrected chi connectivity index (χ4v) is 2.58. The smallest absolute Gasteiger partial charge is 0.0641 e. The van der Waals surface area contributed by atoms with Gasteiger partial charge in [-0.25, -0.2) is 0 Å². The normalized spacial score (nSPS) is 14.4. The third-order valence-corrected chi connectivity index (χ3v) is 3.60. The van der Waals surface area contributed by atoms with Crippen molar-refractivity contribution in [2.75, 3.05) is 0 Å². The quantitative estimate of drug-likeness (QED) is 0.921. The zero-order chi connectivity index (χ0) is 14.0. The lowest BCUT2D eigenvalue weighted by Crippen LogP contribution is -2.22. The Morgan fingerprint density at radius 1 is 1.26 bits per heavy atom. The Labute approximate surface area is 119 Å². The van der Waals surface area contributed by atoms with E-state index in [4.69, 9.17) is 11.6 Å². The van der Waals surface area contributed by atoms with Gasteiger partial charge in [-0.05, 0) is 38.5 Å². The fraction of sp³-hybridized carbons (Fsp3) is 0.400. The minimum absolute atomic E-state index is 0.244. The summed E-state index contributed by atoms with van der Waals surface area (Å²) in [4.78, 5) is 0. The van der Waals surface area contributed by atoms with Crippen molar-refractivity contribution in [3.8, 4) is 0 Å². The molecule has 0 fully saturated rings. The molecule has 0 radical (unpaired) electrons. The van der Waals surface area contributed by atoms with E-state index in [1.54, 1.807) is 0 Å². The molecule has 0 aliphatic heterocycles. The number of aromatic nitrogens is 2. The molecule has 19 heavy (non-hydrogen) atoms. The number of aryl methyl sites for hydroxylation is 2. The maximum Gasteiger partial charge on any atom is 0.0641 e. The van der Waals surface area contributed by atoms with E-state index in [9.17, 15) is 0 Å². The summed E-state index contributed by atoms with van der Waals surface area (Å²) in [7, 11) is 1.95. The summed E-state index contributed by atoms with van der Waals surface area (Å²) in [6.07, 6.45) is 2.07. The van der Waals surface area contributed by atoms with Crippen LogP contribution in [0.3, 0.4) is 0 Å². The van der Waals surface area contributed by atoms with Gasteiger partial charge in [-0.3, -0.25) is 4.68 Å². The summed E-state index contributed by atoms with van der Waals surface area (Å²) in [5, 5.41) is 8.74. The first-order valence-electron chi connectivity index (χ1n) is 6.49. The van der Waals surface area contributed by atoms with Crippen LogP contribution in [0.5, 0.6) is 0 Å². The lowest BCUT2D eigenvalue weighted by molar-refractivity contribution is 0.493. The number of rotatable bonds is 4. The molecule has 2 rings (SSSR count). The second kappa shape index (κ2) is 5.76. The van der Waals surface area contributed by atoms with Crippen LogP contribution in [0, 0.1) is 6.92 Å². The number of halogens is 1. The van der Waals surface area contributed by atoms with Crippen LogP contribution in [0.1, 0.15) is 42.8 Å². The van der Waals surface area contributed by atoms with Crippen LogP contribution >= 0.6 is 11.6 Å². The van der Waals surface area contributed by atoms with Gasteiger partial charge in [-0.1, -0.05) is 23.7 Å². The number of benzene rings is 1. The maximum absolute atomic E-state index is 6.03. The largest absolute Gasteiger partial charge is 0.304 e. The van der Waals surface area contributed by atoms with Crippen molar-refractivity contribution in [3.63, 3.8) is 0 Å². The van der Waals surface area contributed by atoms with E-state index in [-0.39, 0.29) is 12.1 Å². The molecule has 1 N–H and O–H groups in total. The van der Waals surface area contributed by atoms with Crippen LogP contribution < -0.4 is 5.32 Å². The lowest BCUT2D eigenvalue weighted by Gasteiger charge is -2.20. The Bertz CT molecular complexity index is 562. The summed E-state index contributed by atoms with van der Waals surface area (Å²) in [6.45, 7) is 6.34. The predicted molar refractivity (Wildman–Crippen MR) is 79.4 cm³/mol. The first kappa shape index (κ1) is 14.1. The van der Waals surface area contributed by atoms with E-state index in [1.807, 2.05) is 36.9 Å². The second-order valence-electron chi connectivity index (χ2n) is 5.01. The van der Waals surface area contributed by atoms with Gasteiger partial charge in [0, 0.05) is 35.9 Å². The van der Waals surface area contributed by atoms with Crippen molar-refractivity contribution in [2.24, 2.45) is 7.05 Å². The van der Waals surface area contributed by atoms with Crippen LogP contribution in [-0.2, 0) is 7.05 Å². The monoisotopic (exact) mass is 277 g/mol. The summed E-state index contributed by atoms with van der Waals surface area (Å²) < 4.78 is 1.85. The van der Waals surface area contributed by atoms with Crippen LogP contribution in [0.2, 0.25) is 5.02 Å². The summed E-state index contributed by atoms with van der Waals surface area (Å²) >= 11 is 6.03. The van der Waals surface area contributed by atoms with Crippen molar-refractivity contribution in [1.29, 1.82) is 0 Å². The Hall–Kier alpha value is -1.32. The van der Waals surface area contributed by atoms with Crippen molar-refractivity contribution < 1.29 is 0 Å². The van der Waals surface area contributed by atoms with Gasteiger partial charge < -0.3 is 5.32 Å². The van der Waals surface area contributed by atoms with Gasteiger partial charge >= 0.3 is 0 Å². The highest BCUT2D eigenvalue weighted by Crippen LogP contribution is 2.22. The second-order valence-corrected chi connectivity index (χ2v) is 5.45. The highest BCUT2D eigenvalue weighted by atomic mass is 35.5. The van der Waals surface area contributed by atoms with Gasteiger partial charge in [-0.2, -0.15) is 5.10 Å². The average molecular weight is 278 g/mol. The topological polar surface area (TPSA) is 29.9 Å². The number of nitrogens with one attached hydrogen (secondary N) is 1. The van der Waals surface area contributed by atoms with Crippen molar-refractivity contribution in [3.05, 3.63) is 52.3 Å². The number of nitrogens with zero attached hydrogens (tertiary/aromatic N) is 2. The SMILES string of the molecule is Cc1nn(C)cc1C(C)NC(C)c1cccc(Cl)c1. The fourth-order valence-electron chi connectivity index (χ4n) is 2.38. The molecule has 0 bridgehead atoms. The molecule has 1 aromatic carbocycles. The van der Waals surface area contributed by atoms with E-state index < -0.39 is 0 Å². The van der Waals surface area contributed by atoms with E-state index in [2.05, 4.69) is 36.5 Å². The molecule has 2 atom stereocenters. The van der Waals surface area contributed by atoms with Crippen LogP contribution in [-0.4, -0.2) is 9.78 Å².